The number of aromatic nitrogens is 1. The van der Waals surface area contributed by atoms with Crippen LogP contribution in [0.2, 0.25) is 0 Å². The van der Waals surface area contributed by atoms with Crippen molar-refractivity contribution in [3.63, 3.8) is 0 Å². The van der Waals surface area contributed by atoms with Crippen LogP contribution in [-0.2, 0) is 6.42 Å². The second-order valence-electron chi connectivity index (χ2n) is 5.52. The lowest BCUT2D eigenvalue weighted by atomic mass is 10.0. The van der Waals surface area contributed by atoms with Crippen molar-refractivity contribution in [1.29, 1.82) is 0 Å². The summed E-state index contributed by atoms with van der Waals surface area (Å²) in [5.74, 6) is 1.57. The van der Waals surface area contributed by atoms with Crippen LogP contribution < -0.4 is 10.5 Å². The van der Waals surface area contributed by atoms with Crippen molar-refractivity contribution in [3.8, 4) is 5.75 Å². The first-order valence-electron chi connectivity index (χ1n) is 7.49. The highest BCUT2D eigenvalue weighted by atomic mass is 32.1. The van der Waals surface area contributed by atoms with Crippen LogP contribution in [0.25, 0.3) is 0 Å². The van der Waals surface area contributed by atoms with Gasteiger partial charge in [-0.05, 0) is 36.3 Å². The molecule has 4 heteroatoms. The molecule has 0 bridgehead atoms. The number of nitrogens with two attached hydrogens (primary N) is 1. The summed E-state index contributed by atoms with van der Waals surface area (Å²) >= 11 is 5.32. The van der Waals surface area contributed by atoms with Gasteiger partial charge in [-0.2, -0.15) is 0 Å². The number of ether oxygens (including phenoxy) is 1. The van der Waals surface area contributed by atoms with E-state index in [9.17, 15) is 0 Å². The molecule has 1 aliphatic rings. The maximum atomic E-state index is 6.07. The van der Waals surface area contributed by atoms with Gasteiger partial charge in [0, 0.05) is 29.6 Å². The summed E-state index contributed by atoms with van der Waals surface area (Å²) in [5, 5.41) is 0. The van der Waals surface area contributed by atoms with Gasteiger partial charge >= 0.3 is 0 Å². The Hall–Kier alpha value is -2.46. The molecular weight excluding hydrogens is 304 g/mol. The smallest absolute Gasteiger partial charge is 0.148 e. The molecule has 0 saturated heterocycles. The average molecular weight is 322 g/mol. The van der Waals surface area contributed by atoms with Gasteiger partial charge in [-0.15, -0.1) is 0 Å². The lowest BCUT2D eigenvalue weighted by Gasteiger charge is -2.18. The Morgan fingerprint density at radius 2 is 1.96 bits per heavy atom. The fourth-order valence-corrected chi connectivity index (χ4v) is 2.79. The highest BCUT2D eigenvalue weighted by molar-refractivity contribution is 7.80. The molecule has 3 rings (SSSR count). The van der Waals surface area contributed by atoms with E-state index in [4.69, 9.17) is 22.7 Å². The molecule has 2 aromatic rings. The molecule has 23 heavy (non-hydrogen) atoms. The van der Waals surface area contributed by atoms with E-state index in [1.54, 1.807) is 6.20 Å². The summed E-state index contributed by atoms with van der Waals surface area (Å²) in [5.41, 5.74) is 9.67. The van der Waals surface area contributed by atoms with Crippen molar-refractivity contribution in [2.75, 3.05) is 0 Å². The number of rotatable bonds is 4. The normalized spacial score (nSPS) is 14.7. The van der Waals surface area contributed by atoms with E-state index in [-0.39, 0.29) is 0 Å². The van der Waals surface area contributed by atoms with Crippen molar-refractivity contribution >= 4 is 17.1 Å². The van der Waals surface area contributed by atoms with Gasteiger partial charge in [0.05, 0.1) is 5.69 Å². The molecule has 0 spiro atoms. The first-order valence-corrected chi connectivity index (χ1v) is 7.90. The zero-order valence-corrected chi connectivity index (χ0v) is 13.8. The number of thiocarbonyl (C=S) groups is 1. The monoisotopic (exact) mass is 322 g/mol. The van der Waals surface area contributed by atoms with Gasteiger partial charge in [0.15, 0.2) is 0 Å². The summed E-state index contributed by atoms with van der Waals surface area (Å²) in [6.07, 6.45) is 5.02. The Morgan fingerprint density at radius 3 is 2.70 bits per heavy atom. The van der Waals surface area contributed by atoms with Gasteiger partial charge < -0.3 is 10.5 Å². The molecule has 0 radical (unpaired) electrons. The van der Waals surface area contributed by atoms with Gasteiger partial charge in [-0.1, -0.05) is 42.5 Å². The Morgan fingerprint density at radius 1 is 1.17 bits per heavy atom. The molecule has 0 saturated carbocycles. The van der Waals surface area contributed by atoms with Crippen molar-refractivity contribution in [3.05, 3.63) is 83.0 Å². The van der Waals surface area contributed by atoms with Crippen LogP contribution in [0.5, 0.6) is 5.75 Å². The second-order valence-corrected chi connectivity index (χ2v) is 6.01. The molecule has 3 nitrogen and oxygen atoms in total. The quantitative estimate of drug-likeness (QED) is 0.866. The highest BCUT2D eigenvalue weighted by Gasteiger charge is 2.16. The van der Waals surface area contributed by atoms with E-state index in [1.807, 2.05) is 43.3 Å². The summed E-state index contributed by atoms with van der Waals surface area (Å²) in [6.45, 7) is 1.94. The molecule has 1 aromatic carbocycles. The molecule has 1 aromatic heterocycles. The van der Waals surface area contributed by atoms with E-state index < -0.39 is 0 Å². The largest absolute Gasteiger partial charge is 0.459 e. The minimum atomic E-state index is 0.554. The molecule has 1 aliphatic carbocycles. The van der Waals surface area contributed by atoms with Crippen molar-refractivity contribution < 1.29 is 4.74 Å². The van der Waals surface area contributed by atoms with Gasteiger partial charge in [-0.25, -0.2) is 0 Å². The predicted molar refractivity (Wildman–Crippen MR) is 96.3 cm³/mol. The zero-order chi connectivity index (χ0) is 16.2. The van der Waals surface area contributed by atoms with Crippen LogP contribution >= 0.6 is 12.2 Å². The van der Waals surface area contributed by atoms with E-state index in [0.29, 0.717) is 12.1 Å². The topological polar surface area (TPSA) is 48.1 Å². The van der Waals surface area contributed by atoms with Crippen LogP contribution in [0, 0.1) is 0 Å². The molecule has 116 valence electrons. The van der Waals surface area contributed by atoms with Gasteiger partial charge in [0.2, 0.25) is 0 Å². The summed E-state index contributed by atoms with van der Waals surface area (Å²) in [7, 11) is 0. The molecule has 0 atom stereocenters. The van der Waals surface area contributed by atoms with Crippen LogP contribution in [0.4, 0.5) is 0 Å². The van der Waals surface area contributed by atoms with E-state index >= 15 is 0 Å². The molecule has 1 heterocycles. The number of hydrogen-bond acceptors (Lipinski definition) is 4. The molecule has 0 fully saturated rings. The Bertz CT molecular complexity index is 794. The molecule has 0 amide bonds. The van der Waals surface area contributed by atoms with Crippen molar-refractivity contribution in [2.45, 2.75) is 19.8 Å². The number of hydrogen-bond donors (Lipinski definition) is 1. The van der Waals surface area contributed by atoms with Gasteiger partial charge in [0.25, 0.3) is 0 Å². The Balaban J connectivity index is 1.84. The second kappa shape index (κ2) is 6.75. The maximum Gasteiger partial charge on any atom is 0.148 e. The third kappa shape index (κ3) is 3.66. The molecule has 0 unspecified atom stereocenters. The Labute approximate surface area is 141 Å². The maximum absolute atomic E-state index is 6.07. The summed E-state index contributed by atoms with van der Waals surface area (Å²) in [4.78, 5) is 5.20. The number of benzene rings is 1. The number of nitrogens with zero attached hydrogens (tertiary/aromatic N) is 1. The van der Waals surface area contributed by atoms with E-state index in [0.717, 1.165) is 34.1 Å². The van der Waals surface area contributed by atoms with Crippen LogP contribution in [-0.4, -0.2) is 9.85 Å². The Kier molecular flexibility index (Phi) is 4.53. The minimum absolute atomic E-state index is 0.554. The van der Waals surface area contributed by atoms with Crippen LogP contribution in [0.1, 0.15) is 24.6 Å². The molecular formula is C19H18N2OS. The first kappa shape index (κ1) is 15.4. The third-order valence-corrected chi connectivity index (χ3v) is 4.11. The number of allylic oxidation sites excluding steroid dienone is 4. The van der Waals surface area contributed by atoms with E-state index in [2.05, 4.69) is 17.1 Å². The fourth-order valence-electron chi connectivity index (χ4n) is 2.49. The lowest BCUT2D eigenvalue weighted by Crippen LogP contribution is -2.18. The van der Waals surface area contributed by atoms with Crippen LogP contribution in [0.15, 0.2) is 71.8 Å². The van der Waals surface area contributed by atoms with E-state index in [1.165, 1.54) is 5.56 Å². The highest BCUT2D eigenvalue weighted by Crippen LogP contribution is 2.26. The molecule has 2 N–H and O–H groups in total. The van der Waals surface area contributed by atoms with Crippen LogP contribution in [0.3, 0.4) is 0 Å². The number of pyridine rings is 1. The fraction of sp³-hybridized carbons (Fsp3) is 0.158. The minimum Gasteiger partial charge on any atom is -0.459 e. The average Bonchev–Trinajstić information content (AvgIpc) is 2.55. The zero-order valence-electron chi connectivity index (χ0n) is 13.0. The summed E-state index contributed by atoms with van der Waals surface area (Å²) < 4.78 is 6.07. The first-order chi connectivity index (χ1) is 11.1. The third-order valence-electron chi connectivity index (χ3n) is 3.74. The summed E-state index contributed by atoms with van der Waals surface area (Å²) in [6, 6.07) is 14.0. The van der Waals surface area contributed by atoms with Gasteiger partial charge in [-0.3, -0.25) is 4.98 Å². The van der Waals surface area contributed by atoms with Crippen molar-refractivity contribution in [1.82, 2.24) is 4.98 Å². The lowest BCUT2D eigenvalue weighted by molar-refractivity contribution is 0.411. The SMILES string of the molecule is CC1=C(N)C(=S)CC(Oc2cccnc2Cc2ccccc2)=C1. The molecule has 0 aliphatic heterocycles. The predicted octanol–water partition coefficient (Wildman–Crippen LogP) is 3.94. The van der Waals surface area contributed by atoms with Gasteiger partial charge in [0.1, 0.15) is 11.5 Å². The van der Waals surface area contributed by atoms with Crippen molar-refractivity contribution in [2.24, 2.45) is 5.73 Å². The standard InChI is InChI=1S/C19H18N2OS/c1-13-10-15(12-18(23)19(13)20)22-17-8-5-9-21-16(17)11-14-6-3-2-4-7-14/h2-10H,11-12,20H2,1H3.